The molecule has 0 bridgehead atoms. The van der Waals surface area contributed by atoms with Crippen molar-refractivity contribution in [3.63, 3.8) is 0 Å². The normalized spacial score (nSPS) is 11.5. The number of hydrogen-bond donors (Lipinski definition) is 2. The quantitative estimate of drug-likeness (QED) is 0.296. The molecule has 0 unspecified atom stereocenters. The fraction of sp³-hybridized carbons (Fsp3) is 0.160. The van der Waals surface area contributed by atoms with Crippen molar-refractivity contribution < 1.29 is 18.0 Å². The van der Waals surface area contributed by atoms with Crippen LogP contribution in [0.25, 0.3) is 21.9 Å². The maximum atomic E-state index is 13.6. The molecule has 5 rings (SSSR count). The molecule has 38 heavy (non-hydrogen) atoms. The first kappa shape index (κ1) is 25.1. The zero-order valence-corrected chi connectivity index (χ0v) is 21.2. The number of anilines is 2. The average molecular weight is 539 g/mol. The molecule has 13 heteroatoms. The molecule has 0 atom stereocenters. The molecular formula is C25H21F3N8OS. The Hall–Kier alpha value is -4.52. The van der Waals surface area contributed by atoms with Crippen LogP contribution in [0.4, 0.5) is 24.0 Å². The van der Waals surface area contributed by atoms with Crippen LogP contribution in [0.3, 0.4) is 0 Å². The van der Waals surface area contributed by atoms with Crippen molar-refractivity contribution in [3.8, 4) is 21.9 Å². The number of imidazole rings is 1. The van der Waals surface area contributed by atoms with Gasteiger partial charge in [0.2, 0.25) is 0 Å². The number of thiazole rings is 1. The van der Waals surface area contributed by atoms with Gasteiger partial charge >= 0.3 is 6.18 Å². The van der Waals surface area contributed by atoms with Crippen LogP contribution in [0.2, 0.25) is 0 Å². The summed E-state index contributed by atoms with van der Waals surface area (Å²) in [5.74, 6) is -0.570. The highest BCUT2D eigenvalue weighted by molar-refractivity contribution is 7.18. The number of halogens is 3. The Morgan fingerprint density at radius 2 is 1.87 bits per heavy atom. The number of carbonyl (C=O) groups excluding carboxylic acids is 1. The molecule has 3 aromatic heterocycles. The molecule has 3 heterocycles. The van der Waals surface area contributed by atoms with Crippen molar-refractivity contribution in [3.05, 3.63) is 83.7 Å². The van der Waals surface area contributed by atoms with E-state index in [4.69, 9.17) is 0 Å². The third kappa shape index (κ3) is 5.13. The van der Waals surface area contributed by atoms with E-state index in [1.54, 1.807) is 55.4 Å². The predicted molar refractivity (Wildman–Crippen MR) is 138 cm³/mol. The second-order valence-corrected chi connectivity index (χ2v) is 9.50. The molecule has 2 aromatic carbocycles. The second-order valence-electron chi connectivity index (χ2n) is 8.47. The molecule has 0 aliphatic carbocycles. The molecular weight excluding hydrogens is 517 g/mol. The fourth-order valence-corrected chi connectivity index (χ4v) is 4.48. The highest BCUT2D eigenvalue weighted by Crippen LogP contribution is 2.33. The fourth-order valence-electron chi connectivity index (χ4n) is 3.76. The summed E-state index contributed by atoms with van der Waals surface area (Å²) in [6.07, 6.45) is 1.84. The Morgan fingerprint density at radius 1 is 1.05 bits per heavy atom. The van der Waals surface area contributed by atoms with Gasteiger partial charge in [-0.2, -0.15) is 13.2 Å². The molecule has 1 amide bonds. The summed E-state index contributed by atoms with van der Waals surface area (Å²) >= 11 is 1.42. The lowest BCUT2D eigenvalue weighted by atomic mass is 10.1. The molecule has 0 radical (unpaired) electrons. The number of carbonyl (C=O) groups is 1. The van der Waals surface area contributed by atoms with E-state index in [0.717, 1.165) is 27.7 Å². The van der Waals surface area contributed by atoms with Gasteiger partial charge in [0.1, 0.15) is 5.69 Å². The molecule has 2 N–H and O–H groups in total. The summed E-state index contributed by atoms with van der Waals surface area (Å²) in [5, 5.41) is 14.7. The van der Waals surface area contributed by atoms with E-state index in [1.807, 2.05) is 6.92 Å². The number of aromatic nitrogens is 6. The molecule has 0 aliphatic rings. The monoisotopic (exact) mass is 538 g/mol. The van der Waals surface area contributed by atoms with Gasteiger partial charge in [-0.15, -0.1) is 5.10 Å². The van der Waals surface area contributed by atoms with Crippen LogP contribution < -0.4 is 10.6 Å². The van der Waals surface area contributed by atoms with Crippen LogP contribution in [-0.2, 0) is 6.18 Å². The summed E-state index contributed by atoms with van der Waals surface area (Å²) in [6.45, 7) is 3.59. The van der Waals surface area contributed by atoms with Gasteiger partial charge in [0.05, 0.1) is 34.3 Å². The number of aryl methyl sites for hydroxylation is 2. The lowest BCUT2D eigenvalue weighted by Gasteiger charge is -2.14. The molecule has 0 fully saturated rings. The van der Waals surface area contributed by atoms with E-state index in [2.05, 4.69) is 30.9 Å². The number of hydrogen-bond acceptors (Lipinski definition) is 7. The lowest BCUT2D eigenvalue weighted by Crippen LogP contribution is -2.15. The van der Waals surface area contributed by atoms with Crippen molar-refractivity contribution >= 4 is 28.1 Å². The Balaban J connectivity index is 1.44. The van der Waals surface area contributed by atoms with E-state index in [-0.39, 0.29) is 16.9 Å². The average Bonchev–Trinajstić information content (AvgIpc) is 3.64. The maximum absolute atomic E-state index is 13.6. The minimum Gasteiger partial charge on any atom is -0.365 e. The summed E-state index contributed by atoms with van der Waals surface area (Å²) in [7, 11) is 1.78. The third-order valence-corrected chi connectivity index (χ3v) is 6.73. The van der Waals surface area contributed by atoms with Gasteiger partial charge in [-0.25, -0.2) is 14.6 Å². The smallest absolute Gasteiger partial charge is 0.365 e. The number of nitrogens with zero attached hydrogens (tertiary/aromatic N) is 6. The van der Waals surface area contributed by atoms with Gasteiger partial charge in [0, 0.05) is 36.4 Å². The van der Waals surface area contributed by atoms with Crippen LogP contribution in [0.5, 0.6) is 0 Å². The topological polar surface area (TPSA) is 103 Å². The lowest BCUT2D eigenvalue weighted by molar-refractivity contribution is -0.137. The van der Waals surface area contributed by atoms with Gasteiger partial charge < -0.3 is 15.2 Å². The number of alkyl halides is 3. The SMILES string of the molecule is CNc1ncc(-c2cn(-c3cc(C(=O)Nc4cc(-n5cnc(C)c5)cc(C(F)(F)F)c4)ccc3C)nn2)s1. The van der Waals surface area contributed by atoms with Crippen molar-refractivity contribution in [1.29, 1.82) is 0 Å². The van der Waals surface area contributed by atoms with Crippen LogP contribution in [0.15, 0.2) is 61.3 Å². The van der Waals surface area contributed by atoms with Gasteiger partial charge in [-0.3, -0.25) is 4.79 Å². The van der Waals surface area contributed by atoms with Crippen molar-refractivity contribution in [2.45, 2.75) is 20.0 Å². The predicted octanol–water partition coefficient (Wildman–Crippen LogP) is 5.51. The van der Waals surface area contributed by atoms with Crippen LogP contribution in [0, 0.1) is 13.8 Å². The van der Waals surface area contributed by atoms with Crippen molar-refractivity contribution in [2.75, 3.05) is 17.7 Å². The zero-order chi connectivity index (χ0) is 27.0. The van der Waals surface area contributed by atoms with E-state index in [1.165, 1.54) is 28.3 Å². The molecule has 0 saturated heterocycles. The maximum Gasteiger partial charge on any atom is 0.416 e. The Bertz CT molecular complexity index is 1640. The second kappa shape index (κ2) is 9.74. The molecule has 0 aliphatic heterocycles. The van der Waals surface area contributed by atoms with Crippen LogP contribution in [0.1, 0.15) is 27.2 Å². The van der Waals surface area contributed by atoms with Crippen molar-refractivity contribution in [1.82, 2.24) is 29.5 Å². The number of amides is 1. The van der Waals surface area contributed by atoms with E-state index in [9.17, 15) is 18.0 Å². The van der Waals surface area contributed by atoms with Gasteiger partial charge in [-0.1, -0.05) is 22.6 Å². The van der Waals surface area contributed by atoms with Gasteiger partial charge in [0.25, 0.3) is 5.91 Å². The highest BCUT2D eigenvalue weighted by Gasteiger charge is 2.31. The van der Waals surface area contributed by atoms with Crippen molar-refractivity contribution in [2.24, 2.45) is 0 Å². The van der Waals surface area contributed by atoms with Gasteiger partial charge in [-0.05, 0) is 49.7 Å². The standard InChI is InChI=1S/C25H21F3N8OS/c1-14-4-5-16(6-21(14)36-12-20(33-34-36)22-10-30-24(29-3)38-22)23(37)32-18-7-17(25(26,27)28)8-19(9-18)35-11-15(2)31-13-35/h4-13H,1-3H3,(H,29,30)(H,32,37). The summed E-state index contributed by atoms with van der Waals surface area (Å²) in [6, 6.07) is 8.32. The largest absolute Gasteiger partial charge is 0.416 e. The third-order valence-electron chi connectivity index (χ3n) is 5.70. The Morgan fingerprint density at radius 3 is 2.55 bits per heavy atom. The summed E-state index contributed by atoms with van der Waals surface area (Å²) in [4.78, 5) is 22.2. The first-order valence-electron chi connectivity index (χ1n) is 11.3. The number of benzene rings is 2. The zero-order valence-electron chi connectivity index (χ0n) is 20.4. The molecule has 194 valence electrons. The van der Waals surface area contributed by atoms with E-state index < -0.39 is 17.6 Å². The van der Waals surface area contributed by atoms with E-state index in [0.29, 0.717) is 17.1 Å². The Kier molecular flexibility index (Phi) is 6.45. The van der Waals surface area contributed by atoms with Gasteiger partial charge in [0.15, 0.2) is 5.13 Å². The molecule has 0 spiro atoms. The number of rotatable bonds is 6. The molecule has 9 nitrogen and oxygen atoms in total. The Labute approximate surface area is 219 Å². The minimum atomic E-state index is -4.60. The number of nitrogens with one attached hydrogen (secondary N) is 2. The molecule has 0 saturated carbocycles. The summed E-state index contributed by atoms with van der Waals surface area (Å²) < 4.78 is 43.8. The van der Waals surface area contributed by atoms with Crippen LogP contribution >= 0.6 is 11.3 Å². The van der Waals surface area contributed by atoms with Crippen LogP contribution in [-0.4, -0.2) is 42.5 Å². The minimum absolute atomic E-state index is 0.00174. The highest BCUT2D eigenvalue weighted by atomic mass is 32.1. The van der Waals surface area contributed by atoms with E-state index >= 15 is 0 Å². The summed E-state index contributed by atoms with van der Waals surface area (Å²) in [5.41, 5.74) is 2.28. The molecule has 5 aromatic rings. The first-order chi connectivity index (χ1) is 18.1. The first-order valence-corrected chi connectivity index (χ1v) is 12.1.